The summed E-state index contributed by atoms with van der Waals surface area (Å²) in [5.74, 6) is -1.66. The number of Topliss-reactive ketones (excluding diaryl/α,β-unsaturated/α-hetero) is 1. The molecule has 8 heteroatoms. The number of hydrogen-bond donors (Lipinski definition) is 0. The van der Waals surface area contributed by atoms with Gasteiger partial charge in [-0.25, -0.2) is 9.69 Å². The topological polar surface area (TPSA) is 90.0 Å². The molecule has 1 aliphatic heterocycles. The molecule has 0 aromatic heterocycles. The van der Waals surface area contributed by atoms with Crippen LogP contribution in [0.15, 0.2) is 66.7 Å². The Bertz CT molecular complexity index is 1270. The highest BCUT2D eigenvalue weighted by molar-refractivity contribution is 6.39. The third-order valence-electron chi connectivity index (χ3n) is 5.04. The van der Waals surface area contributed by atoms with Gasteiger partial charge in [0.1, 0.15) is 5.75 Å². The monoisotopic (exact) mass is 463 g/mol. The van der Waals surface area contributed by atoms with E-state index in [2.05, 4.69) is 0 Å². The lowest BCUT2D eigenvalue weighted by Crippen LogP contribution is -2.29. The third kappa shape index (κ3) is 4.36. The van der Waals surface area contributed by atoms with Crippen molar-refractivity contribution in [2.75, 3.05) is 18.1 Å². The highest BCUT2D eigenvalue weighted by Gasteiger charge is 2.38. The minimum atomic E-state index is -0.784. The lowest BCUT2D eigenvalue weighted by atomic mass is 10.1. The van der Waals surface area contributed by atoms with Crippen LogP contribution in [-0.4, -0.2) is 36.8 Å². The van der Waals surface area contributed by atoms with Gasteiger partial charge < -0.3 is 9.47 Å². The molecular formula is C25H18ClNO6. The second kappa shape index (κ2) is 9.26. The van der Waals surface area contributed by atoms with Gasteiger partial charge in [0.05, 0.1) is 34.0 Å². The van der Waals surface area contributed by atoms with Gasteiger partial charge in [0, 0.05) is 5.56 Å². The van der Waals surface area contributed by atoms with Gasteiger partial charge in [0.2, 0.25) is 0 Å². The molecule has 33 heavy (non-hydrogen) atoms. The van der Waals surface area contributed by atoms with Gasteiger partial charge in [-0.15, -0.1) is 0 Å². The highest BCUT2D eigenvalue weighted by Crippen LogP contribution is 2.33. The smallest absolute Gasteiger partial charge is 0.338 e. The number of carbonyl (C=O) groups excluding carboxylic acids is 4. The van der Waals surface area contributed by atoms with E-state index >= 15 is 0 Å². The molecule has 0 N–H and O–H groups in total. The fourth-order valence-corrected chi connectivity index (χ4v) is 3.64. The number of ketones is 1. The molecule has 3 aromatic rings. The summed E-state index contributed by atoms with van der Waals surface area (Å²) in [7, 11) is 0. The van der Waals surface area contributed by atoms with Crippen LogP contribution in [0.3, 0.4) is 0 Å². The van der Waals surface area contributed by atoms with E-state index in [1.54, 1.807) is 48.5 Å². The first-order chi connectivity index (χ1) is 15.9. The van der Waals surface area contributed by atoms with Crippen LogP contribution in [-0.2, 0) is 4.74 Å². The van der Waals surface area contributed by atoms with Gasteiger partial charge >= 0.3 is 5.97 Å². The van der Waals surface area contributed by atoms with Crippen molar-refractivity contribution in [2.45, 2.75) is 6.92 Å². The number of esters is 1. The normalized spacial score (nSPS) is 12.5. The third-order valence-corrected chi connectivity index (χ3v) is 5.36. The van der Waals surface area contributed by atoms with Crippen molar-refractivity contribution >= 4 is 40.9 Å². The predicted molar refractivity (Wildman–Crippen MR) is 121 cm³/mol. The van der Waals surface area contributed by atoms with Crippen LogP contribution in [0.5, 0.6) is 5.75 Å². The Morgan fingerprint density at radius 2 is 1.55 bits per heavy atom. The van der Waals surface area contributed by atoms with Gasteiger partial charge in [-0.2, -0.15) is 0 Å². The number of halogens is 1. The summed E-state index contributed by atoms with van der Waals surface area (Å²) in [6.45, 7) is 1.90. The van der Waals surface area contributed by atoms with E-state index in [9.17, 15) is 19.2 Å². The molecule has 4 rings (SSSR count). The van der Waals surface area contributed by atoms with Crippen LogP contribution >= 0.6 is 11.6 Å². The first-order valence-corrected chi connectivity index (χ1v) is 10.5. The minimum absolute atomic E-state index is 0.0513. The molecular weight excluding hydrogens is 446 g/mol. The molecule has 0 bridgehead atoms. The van der Waals surface area contributed by atoms with Gasteiger partial charge in [-0.05, 0) is 61.5 Å². The number of ether oxygens (including phenoxy) is 2. The van der Waals surface area contributed by atoms with Gasteiger partial charge in [0.15, 0.2) is 12.4 Å². The highest BCUT2D eigenvalue weighted by atomic mass is 35.5. The van der Waals surface area contributed by atoms with Gasteiger partial charge in [-0.3, -0.25) is 14.4 Å². The Morgan fingerprint density at radius 3 is 2.24 bits per heavy atom. The number of para-hydroxylation sites is 1. The summed E-state index contributed by atoms with van der Waals surface area (Å²) in [4.78, 5) is 51.4. The van der Waals surface area contributed by atoms with Gasteiger partial charge in [0.25, 0.3) is 11.8 Å². The van der Waals surface area contributed by atoms with Crippen molar-refractivity contribution in [1.29, 1.82) is 0 Å². The van der Waals surface area contributed by atoms with Crippen molar-refractivity contribution in [1.82, 2.24) is 0 Å². The van der Waals surface area contributed by atoms with Crippen molar-refractivity contribution in [3.63, 3.8) is 0 Å². The van der Waals surface area contributed by atoms with Crippen LogP contribution in [0, 0.1) is 0 Å². The molecule has 0 saturated carbocycles. The van der Waals surface area contributed by atoms with Crippen molar-refractivity contribution in [2.24, 2.45) is 0 Å². The van der Waals surface area contributed by atoms with Crippen LogP contribution in [0.2, 0.25) is 5.02 Å². The first kappa shape index (κ1) is 22.2. The molecule has 0 unspecified atom stereocenters. The lowest BCUT2D eigenvalue weighted by Gasteiger charge is -2.15. The zero-order valence-electron chi connectivity index (χ0n) is 17.5. The molecule has 1 heterocycles. The summed E-state index contributed by atoms with van der Waals surface area (Å²) < 4.78 is 10.5. The van der Waals surface area contributed by atoms with E-state index in [0.717, 1.165) is 4.90 Å². The number of imide groups is 1. The van der Waals surface area contributed by atoms with Crippen LogP contribution < -0.4 is 9.64 Å². The quantitative estimate of drug-likeness (QED) is 0.289. The fraction of sp³-hybridized carbons (Fsp3) is 0.120. The molecule has 0 radical (unpaired) electrons. The second-order valence-corrected chi connectivity index (χ2v) is 7.52. The van der Waals surface area contributed by atoms with Crippen molar-refractivity contribution in [3.05, 3.63) is 94.0 Å². The molecule has 2 amide bonds. The Morgan fingerprint density at radius 1 is 0.879 bits per heavy atom. The molecule has 0 aliphatic carbocycles. The summed E-state index contributed by atoms with van der Waals surface area (Å²) in [6.07, 6.45) is 0. The Labute approximate surface area is 194 Å². The van der Waals surface area contributed by atoms with Crippen molar-refractivity contribution in [3.8, 4) is 5.75 Å². The summed E-state index contributed by atoms with van der Waals surface area (Å²) in [5, 5.41) is 0.249. The van der Waals surface area contributed by atoms with Crippen LogP contribution in [0.1, 0.15) is 48.4 Å². The molecule has 0 atom stereocenters. The standard InChI is InChI=1S/C25H18ClNO6/c1-2-32-17-10-7-15(8-11-17)22(28)14-33-25(31)16-9-12-18-19(13-16)24(30)27(23(18)29)21-6-4-3-5-20(21)26/h3-13H,2,14H2,1H3. The van der Waals surface area contributed by atoms with E-state index in [1.165, 1.54) is 18.2 Å². The maximum Gasteiger partial charge on any atom is 0.338 e. The summed E-state index contributed by atoms with van der Waals surface area (Å²) in [5.41, 5.74) is 0.899. The number of rotatable bonds is 7. The number of benzene rings is 3. The zero-order chi connectivity index (χ0) is 23.5. The number of carbonyl (C=O) groups is 4. The van der Waals surface area contributed by atoms with E-state index in [0.29, 0.717) is 17.9 Å². The van der Waals surface area contributed by atoms with E-state index < -0.39 is 24.4 Å². The maximum atomic E-state index is 12.9. The SMILES string of the molecule is CCOc1ccc(C(=O)COC(=O)c2ccc3c(c2)C(=O)N(c2ccccc2Cl)C3=O)cc1. The maximum absolute atomic E-state index is 12.9. The lowest BCUT2D eigenvalue weighted by molar-refractivity contribution is 0.0474. The average molecular weight is 464 g/mol. The van der Waals surface area contributed by atoms with E-state index in [-0.39, 0.29) is 33.2 Å². The molecule has 166 valence electrons. The number of anilines is 1. The second-order valence-electron chi connectivity index (χ2n) is 7.11. The fourth-order valence-electron chi connectivity index (χ4n) is 3.42. The predicted octanol–water partition coefficient (Wildman–Crippen LogP) is 4.58. The molecule has 1 aliphatic rings. The summed E-state index contributed by atoms with van der Waals surface area (Å²) in [6, 6.07) is 17.0. The number of amides is 2. The first-order valence-electron chi connectivity index (χ1n) is 10.1. The van der Waals surface area contributed by atoms with Crippen LogP contribution in [0.25, 0.3) is 0 Å². The molecule has 0 fully saturated rings. The molecule has 7 nitrogen and oxygen atoms in total. The largest absolute Gasteiger partial charge is 0.494 e. The molecule has 3 aromatic carbocycles. The molecule has 0 spiro atoms. The van der Waals surface area contributed by atoms with Crippen molar-refractivity contribution < 1.29 is 28.7 Å². The Hall–Kier alpha value is -3.97. The average Bonchev–Trinajstić information content (AvgIpc) is 3.07. The van der Waals surface area contributed by atoms with E-state index in [1.807, 2.05) is 6.92 Å². The zero-order valence-corrected chi connectivity index (χ0v) is 18.3. The Kier molecular flexibility index (Phi) is 6.24. The minimum Gasteiger partial charge on any atom is -0.494 e. The summed E-state index contributed by atoms with van der Waals surface area (Å²) >= 11 is 6.15. The number of nitrogens with zero attached hydrogens (tertiary/aromatic N) is 1. The molecule has 0 saturated heterocycles. The Balaban J connectivity index is 1.47. The number of fused-ring (bicyclic) bond motifs is 1. The van der Waals surface area contributed by atoms with Gasteiger partial charge in [-0.1, -0.05) is 23.7 Å². The number of hydrogen-bond acceptors (Lipinski definition) is 6. The van der Waals surface area contributed by atoms with E-state index in [4.69, 9.17) is 21.1 Å². The van der Waals surface area contributed by atoms with Crippen LogP contribution in [0.4, 0.5) is 5.69 Å².